The van der Waals surface area contributed by atoms with Crippen LogP contribution in [0, 0.1) is 11.8 Å². The molecule has 0 amide bonds. The van der Waals surface area contributed by atoms with E-state index in [0.29, 0.717) is 6.42 Å². The molecule has 1 saturated carbocycles. The molecule has 14 heavy (non-hydrogen) atoms. The number of nitrogens with zero attached hydrogens (tertiary/aromatic N) is 1. The van der Waals surface area contributed by atoms with E-state index in [0.717, 1.165) is 19.3 Å². The fourth-order valence-corrected chi connectivity index (χ4v) is 1.92. The fraction of sp³-hybridized carbons (Fsp3) is 0.778. The molecular weight excluding hydrogens is 184 g/mol. The van der Waals surface area contributed by atoms with E-state index in [1.54, 1.807) is 0 Å². The number of amidine groups is 1. The SMILES string of the molecule is COC(=O)C1CCCC(/C(N)=N/O)C1. The lowest BCUT2D eigenvalue weighted by Crippen LogP contribution is -2.32. The summed E-state index contributed by atoms with van der Waals surface area (Å²) >= 11 is 0. The van der Waals surface area contributed by atoms with Crippen molar-refractivity contribution in [3.8, 4) is 0 Å². The summed E-state index contributed by atoms with van der Waals surface area (Å²) in [5.74, 6) is -0.0593. The second kappa shape index (κ2) is 4.83. The first kappa shape index (κ1) is 10.8. The van der Waals surface area contributed by atoms with E-state index in [4.69, 9.17) is 10.9 Å². The van der Waals surface area contributed by atoms with Gasteiger partial charge in [-0.25, -0.2) is 0 Å². The minimum Gasteiger partial charge on any atom is -0.469 e. The van der Waals surface area contributed by atoms with Gasteiger partial charge in [-0.1, -0.05) is 11.6 Å². The molecule has 0 bridgehead atoms. The Morgan fingerprint density at radius 2 is 2.14 bits per heavy atom. The highest BCUT2D eigenvalue weighted by Crippen LogP contribution is 2.29. The van der Waals surface area contributed by atoms with Crippen LogP contribution in [0.4, 0.5) is 0 Å². The molecule has 5 nitrogen and oxygen atoms in total. The van der Waals surface area contributed by atoms with Crippen LogP contribution in [0.2, 0.25) is 0 Å². The molecule has 2 unspecified atom stereocenters. The largest absolute Gasteiger partial charge is 0.469 e. The lowest BCUT2D eigenvalue weighted by molar-refractivity contribution is -0.146. The molecule has 1 rings (SSSR count). The number of esters is 1. The van der Waals surface area contributed by atoms with Crippen molar-refractivity contribution in [3.63, 3.8) is 0 Å². The fourth-order valence-electron chi connectivity index (χ4n) is 1.92. The number of rotatable bonds is 2. The van der Waals surface area contributed by atoms with Crippen molar-refractivity contribution in [3.05, 3.63) is 0 Å². The summed E-state index contributed by atoms with van der Waals surface area (Å²) in [5.41, 5.74) is 5.50. The Morgan fingerprint density at radius 3 is 2.71 bits per heavy atom. The Morgan fingerprint density at radius 1 is 1.50 bits per heavy atom. The predicted octanol–water partition coefficient (Wildman–Crippen LogP) is 0.712. The maximum atomic E-state index is 11.3. The zero-order valence-electron chi connectivity index (χ0n) is 8.27. The third kappa shape index (κ3) is 2.37. The Balaban J connectivity index is 2.56. The van der Waals surface area contributed by atoms with E-state index >= 15 is 0 Å². The number of hydrogen-bond acceptors (Lipinski definition) is 4. The molecule has 0 aliphatic heterocycles. The highest BCUT2D eigenvalue weighted by molar-refractivity contribution is 5.83. The lowest BCUT2D eigenvalue weighted by Gasteiger charge is -2.26. The number of oxime groups is 1. The molecule has 5 heteroatoms. The van der Waals surface area contributed by atoms with Crippen molar-refractivity contribution in [1.82, 2.24) is 0 Å². The molecule has 3 N–H and O–H groups in total. The van der Waals surface area contributed by atoms with Gasteiger partial charge in [0.25, 0.3) is 0 Å². The molecule has 0 heterocycles. The Kier molecular flexibility index (Phi) is 3.73. The first-order valence-corrected chi connectivity index (χ1v) is 4.74. The van der Waals surface area contributed by atoms with Crippen molar-refractivity contribution in [2.45, 2.75) is 25.7 Å². The van der Waals surface area contributed by atoms with Gasteiger partial charge in [0.2, 0.25) is 0 Å². The molecule has 0 saturated heterocycles. The van der Waals surface area contributed by atoms with Crippen LogP contribution < -0.4 is 5.73 Å². The quantitative estimate of drug-likeness (QED) is 0.226. The smallest absolute Gasteiger partial charge is 0.308 e. The van der Waals surface area contributed by atoms with Gasteiger partial charge in [0.15, 0.2) is 0 Å². The molecule has 80 valence electrons. The van der Waals surface area contributed by atoms with E-state index in [9.17, 15) is 4.79 Å². The van der Waals surface area contributed by atoms with E-state index in [1.807, 2.05) is 0 Å². The molecule has 1 aliphatic rings. The Bertz CT molecular complexity index is 240. The molecule has 0 radical (unpaired) electrons. The van der Waals surface area contributed by atoms with Crippen LogP contribution in [0.25, 0.3) is 0 Å². The van der Waals surface area contributed by atoms with Gasteiger partial charge in [-0.05, 0) is 19.3 Å². The molecule has 0 spiro atoms. The second-order valence-corrected chi connectivity index (χ2v) is 3.61. The molecule has 2 atom stereocenters. The number of methoxy groups -OCH3 is 1. The summed E-state index contributed by atoms with van der Waals surface area (Å²) in [6.45, 7) is 0. The maximum Gasteiger partial charge on any atom is 0.308 e. The van der Waals surface area contributed by atoms with Gasteiger partial charge < -0.3 is 15.7 Å². The monoisotopic (exact) mass is 200 g/mol. The number of nitrogens with two attached hydrogens (primary N) is 1. The summed E-state index contributed by atoms with van der Waals surface area (Å²) in [6, 6.07) is 0. The van der Waals surface area contributed by atoms with Gasteiger partial charge >= 0.3 is 5.97 Å². The number of carbonyl (C=O) groups is 1. The van der Waals surface area contributed by atoms with E-state index in [-0.39, 0.29) is 23.6 Å². The normalized spacial score (nSPS) is 28.5. The van der Waals surface area contributed by atoms with E-state index in [2.05, 4.69) is 9.89 Å². The van der Waals surface area contributed by atoms with Crippen LogP contribution in [0.3, 0.4) is 0 Å². The van der Waals surface area contributed by atoms with Crippen molar-refractivity contribution in [1.29, 1.82) is 0 Å². The molecule has 1 aliphatic carbocycles. The van der Waals surface area contributed by atoms with Gasteiger partial charge in [0.05, 0.1) is 13.0 Å². The van der Waals surface area contributed by atoms with Crippen molar-refractivity contribution >= 4 is 11.8 Å². The summed E-state index contributed by atoms with van der Waals surface area (Å²) in [4.78, 5) is 11.3. The van der Waals surface area contributed by atoms with Gasteiger partial charge in [-0.3, -0.25) is 4.79 Å². The van der Waals surface area contributed by atoms with Crippen LogP contribution in [0.5, 0.6) is 0 Å². The lowest BCUT2D eigenvalue weighted by atomic mass is 9.81. The van der Waals surface area contributed by atoms with Crippen LogP contribution in [0.15, 0.2) is 5.16 Å². The number of ether oxygens (including phenoxy) is 1. The average molecular weight is 200 g/mol. The summed E-state index contributed by atoms with van der Waals surface area (Å²) in [6.07, 6.45) is 3.26. The summed E-state index contributed by atoms with van der Waals surface area (Å²) < 4.78 is 4.67. The Hall–Kier alpha value is -1.26. The molecule has 0 aromatic rings. The van der Waals surface area contributed by atoms with E-state index in [1.165, 1.54) is 7.11 Å². The zero-order chi connectivity index (χ0) is 10.6. The minimum absolute atomic E-state index is 0.0119. The van der Waals surface area contributed by atoms with Crippen molar-refractivity contribution in [2.24, 2.45) is 22.7 Å². The van der Waals surface area contributed by atoms with Crippen LogP contribution in [-0.4, -0.2) is 24.1 Å². The van der Waals surface area contributed by atoms with Crippen LogP contribution in [0.1, 0.15) is 25.7 Å². The molecule has 0 aromatic heterocycles. The summed E-state index contributed by atoms with van der Waals surface area (Å²) in [7, 11) is 1.38. The van der Waals surface area contributed by atoms with Crippen LogP contribution in [-0.2, 0) is 9.53 Å². The summed E-state index contributed by atoms with van der Waals surface area (Å²) in [5, 5.41) is 11.5. The maximum absolute atomic E-state index is 11.3. The van der Waals surface area contributed by atoms with Gasteiger partial charge in [-0.2, -0.15) is 0 Å². The first-order chi connectivity index (χ1) is 6.69. The predicted molar refractivity (Wildman–Crippen MR) is 50.9 cm³/mol. The van der Waals surface area contributed by atoms with Gasteiger partial charge in [0, 0.05) is 5.92 Å². The van der Waals surface area contributed by atoms with Gasteiger partial charge in [0.1, 0.15) is 5.84 Å². The van der Waals surface area contributed by atoms with Crippen molar-refractivity contribution < 1.29 is 14.7 Å². The van der Waals surface area contributed by atoms with Crippen molar-refractivity contribution in [2.75, 3.05) is 7.11 Å². The third-order valence-corrected chi connectivity index (χ3v) is 2.74. The molecule has 0 aromatic carbocycles. The van der Waals surface area contributed by atoms with E-state index < -0.39 is 0 Å². The average Bonchev–Trinajstić information content (AvgIpc) is 2.27. The van der Waals surface area contributed by atoms with Gasteiger partial charge in [-0.15, -0.1) is 0 Å². The number of hydrogen-bond donors (Lipinski definition) is 2. The zero-order valence-corrected chi connectivity index (χ0v) is 8.27. The first-order valence-electron chi connectivity index (χ1n) is 4.74. The third-order valence-electron chi connectivity index (χ3n) is 2.74. The van der Waals surface area contributed by atoms with Crippen LogP contribution >= 0.6 is 0 Å². The Labute approximate surface area is 82.9 Å². The standard InChI is InChI=1S/C9H16N2O3/c1-14-9(12)7-4-2-3-6(5-7)8(10)11-13/h6-7,13H,2-5H2,1H3,(H2,10,11). The topological polar surface area (TPSA) is 84.9 Å². The number of carbonyl (C=O) groups excluding carboxylic acids is 1. The minimum atomic E-state index is -0.194. The molecular formula is C9H16N2O3. The highest BCUT2D eigenvalue weighted by atomic mass is 16.5. The highest BCUT2D eigenvalue weighted by Gasteiger charge is 2.29. The second-order valence-electron chi connectivity index (χ2n) is 3.61. The molecule has 1 fully saturated rings.